The van der Waals surface area contributed by atoms with Crippen molar-refractivity contribution in [3.63, 3.8) is 0 Å². The van der Waals surface area contributed by atoms with Crippen molar-refractivity contribution in [2.75, 3.05) is 0 Å². The number of ketones is 1. The molecule has 4 heteroatoms. The second-order valence-electron chi connectivity index (χ2n) is 3.90. The topological polar surface area (TPSA) is 34.9 Å². The summed E-state index contributed by atoms with van der Waals surface area (Å²) in [6.07, 6.45) is 1.55. The van der Waals surface area contributed by atoms with Crippen LogP contribution in [0.15, 0.2) is 0 Å². The van der Waals surface area contributed by atoms with Gasteiger partial charge in [0, 0.05) is 18.5 Å². The fraction of sp³-hybridized carbons (Fsp3) is 0.636. The Labute approximate surface area is 95.4 Å². The van der Waals surface area contributed by atoms with E-state index in [1.165, 1.54) is 0 Å². The van der Waals surface area contributed by atoms with Crippen LogP contribution in [0.1, 0.15) is 31.5 Å². The van der Waals surface area contributed by atoms with Crippen molar-refractivity contribution in [1.82, 2.24) is 9.78 Å². The lowest BCUT2D eigenvalue weighted by Gasteiger charge is -2.10. The number of halogens is 1. The summed E-state index contributed by atoms with van der Waals surface area (Å²) in [6, 6.07) is 0. The van der Waals surface area contributed by atoms with Gasteiger partial charge in [0.15, 0.2) is 0 Å². The average Bonchev–Trinajstić information content (AvgIpc) is 2.39. The van der Waals surface area contributed by atoms with Crippen molar-refractivity contribution < 1.29 is 4.79 Å². The van der Waals surface area contributed by atoms with Gasteiger partial charge in [-0.1, -0.05) is 18.5 Å². The molecule has 15 heavy (non-hydrogen) atoms. The smallest absolute Gasteiger partial charge is 0.133 e. The predicted octanol–water partition coefficient (Wildman–Crippen LogP) is 2.54. The Balaban J connectivity index is 2.92. The molecule has 1 aromatic heterocycles. The van der Waals surface area contributed by atoms with E-state index in [0.717, 1.165) is 17.7 Å². The standard InChI is InChI=1S/C11H17ClN2O/c1-5-9(8(3)15)6-10-7(2)13-14(4)11(10)12/h9H,5-6H2,1-4H3. The van der Waals surface area contributed by atoms with E-state index in [9.17, 15) is 4.79 Å². The van der Waals surface area contributed by atoms with Gasteiger partial charge >= 0.3 is 0 Å². The van der Waals surface area contributed by atoms with Gasteiger partial charge < -0.3 is 0 Å². The lowest BCUT2D eigenvalue weighted by molar-refractivity contribution is -0.120. The molecule has 0 spiro atoms. The summed E-state index contributed by atoms with van der Waals surface area (Å²) in [5.41, 5.74) is 1.92. The van der Waals surface area contributed by atoms with Crippen LogP contribution in [0.4, 0.5) is 0 Å². The Morgan fingerprint density at radius 2 is 2.20 bits per heavy atom. The first-order valence-electron chi connectivity index (χ1n) is 5.15. The van der Waals surface area contributed by atoms with Crippen LogP contribution in [-0.4, -0.2) is 15.6 Å². The third-order valence-corrected chi connectivity index (χ3v) is 3.26. The molecule has 0 aliphatic rings. The number of Topliss-reactive ketones (excluding diaryl/α,β-unsaturated/α-hetero) is 1. The quantitative estimate of drug-likeness (QED) is 0.794. The monoisotopic (exact) mass is 228 g/mol. The Morgan fingerprint density at radius 1 is 1.60 bits per heavy atom. The highest BCUT2D eigenvalue weighted by atomic mass is 35.5. The molecule has 0 aliphatic carbocycles. The maximum absolute atomic E-state index is 11.3. The number of carbonyl (C=O) groups excluding carboxylic acids is 1. The minimum absolute atomic E-state index is 0.0606. The number of hydrogen-bond donors (Lipinski definition) is 0. The van der Waals surface area contributed by atoms with Crippen LogP contribution in [0.2, 0.25) is 5.15 Å². The number of aryl methyl sites for hydroxylation is 2. The molecule has 0 saturated heterocycles. The van der Waals surface area contributed by atoms with Gasteiger partial charge in [0.1, 0.15) is 10.9 Å². The van der Waals surface area contributed by atoms with E-state index in [4.69, 9.17) is 11.6 Å². The number of hydrogen-bond acceptors (Lipinski definition) is 2. The average molecular weight is 229 g/mol. The molecule has 0 aromatic carbocycles. The van der Waals surface area contributed by atoms with Crippen molar-refractivity contribution >= 4 is 17.4 Å². The molecular formula is C11H17ClN2O. The summed E-state index contributed by atoms with van der Waals surface area (Å²) >= 11 is 6.11. The maximum atomic E-state index is 11.3. The first kappa shape index (κ1) is 12.2. The fourth-order valence-corrected chi connectivity index (χ4v) is 1.98. The molecule has 1 atom stereocenters. The van der Waals surface area contributed by atoms with E-state index in [1.54, 1.807) is 11.6 Å². The van der Waals surface area contributed by atoms with Crippen molar-refractivity contribution in [1.29, 1.82) is 0 Å². The molecule has 84 valence electrons. The van der Waals surface area contributed by atoms with E-state index in [-0.39, 0.29) is 11.7 Å². The van der Waals surface area contributed by atoms with E-state index in [1.807, 2.05) is 20.9 Å². The van der Waals surface area contributed by atoms with E-state index in [2.05, 4.69) is 5.10 Å². The molecule has 0 fully saturated rings. The molecule has 0 aliphatic heterocycles. The summed E-state index contributed by atoms with van der Waals surface area (Å²) in [7, 11) is 1.81. The number of rotatable bonds is 4. The summed E-state index contributed by atoms with van der Waals surface area (Å²) in [5, 5.41) is 4.88. The SMILES string of the molecule is CCC(Cc1c(C)nn(C)c1Cl)C(C)=O. The number of carbonyl (C=O) groups is 1. The van der Waals surface area contributed by atoms with Crippen LogP contribution >= 0.6 is 11.6 Å². The number of aromatic nitrogens is 2. The van der Waals surface area contributed by atoms with Crippen LogP contribution in [0, 0.1) is 12.8 Å². The zero-order chi connectivity index (χ0) is 11.6. The first-order chi connectivity index (χ1) is 6.97. The van der Waals surface area contributed by atoms with Crippen LogP contribution in [0.5, 0.6) is 0 Å². The molecule has 1 heterocycles. The minimum atomic E-state index is 0.0606. The van der Waals surface area contributed by atoms with E-state index >= 15 is 0 Å². The summed E-state index contributed by atoms with van der Waals surface area (Å²) < 4.78 is 1.65. The molecule has 1 aromatic rings. The largest absolute Gasteiger partial charge is 0.300 e. The molecule has 0 radical (unpaired) electrons. The molecular weight excluding hydrogens is 212 g/mol. The zero-order valence-corrected chi connectivity index (χ0v) is 10.4. The Bertz CT molecular complexity index is 371. The summed E-state index contributed by atoms with van der Waals surface area (Å²) in [6.45, 7) is 5.58. The van der Waals surface area contributed by atoms with Gasteiger partial charge in [-0.05, 0) is 26.7 Å². The van der Waals surface area contributed by atoms with Gasteiger partial charge in [-0.3, -0.25) is 9.48 Å². The van der Waals surface area contributed by atoms with Crippen molar-refractivity contribution in [3.05, 3.63) is 16.4 Å². The van der Waals surface area contributed by atoms with Gasteiger partial charge in [0.2, 0.25) is 0 Å². The van der Waals surface area contributed by atoms with Gasteiger partial charge in [-0.15, -0.1) is 0 Å². The lowest BCUT2D eigenvalue weighted by atomic mass is 9.94. The normalized spacial score (nSPS) is 12.9. The fourth-order valence-electron chi connectivity index (χ4n) is 1.73. The highest BCUT2D eigenvalue weighted by Crippen LogP contribution is 2.23. The molecule has 1 unspecified atom stereocenters. The van der Waals surface area contributed by atoms with Crippen molar-refractivity contribution in [3.8, 4) is 0 Å². The molecule has 0 amide bonds. The maximum Gasteiger partial charge on any atom is 0.133 e. The first-order valence-corrected chi connectivity index (χ1v) is 5.53. The lowest BCUT2D eigenvalue weighted by Crippen LogP contribution is -2.13. The van der Waals surface area contributed by atoms with Crippen LogP contribution < -0.4 is 0 Å². The highest BCUT2D eigenvalue weighted by Gasteiger charge is 2.18. The third kappa shape index (κ3) is 2.59. The van der Waals surface area contributed by atoms with Gasteiger partial charge in [0.05, 0.1) is 5.69 Å². The van der Waals surface area contributed by atoms with E-state index < -0.39 is 0 Å². The summed E-state index contributed by atoms with van der Waals surface area (Å²) in [5.74, 6) is 0.280. The van der Waals surface area contributed by atoms with Crippen LogP contribution in [-0.2, 0) is 18.3 Å². The highest BCUT2D eigenvalue weighted by molar-refractivity contribution is 6.30. The third-order valence-electron chi connectivity index (χ3n) is 2.79. The molecule has 3 nitrogen and oxygen atoms in total. The number of nitrogens with zero attached hydrogens (tertiary/aromatic N) is 2. The van der Waals surface area contributed by atoms with Crippen molar-refractivity contribution in [2.24, 2.45) is 13.0 Å². The molecule has 0 saturated carbocycles. The Hall–Kier alpha value is -0.830. The van der Waals surface area contributed by atoms with Crippen LogP contribution in [0.25, 0.3) is 0 Å². The molecule has 0 bridgehead atoms. The predicted molar refractivity (Wildman–Crippen MR) is 61.1 cm³/mol. The summed E-state index contributed by atoms with van der Waals surface area (Å²) in [4.78, 5) is 11.3. The molecule has 0 N–H and O–H groups in total. The molecule has 1 rings (SSSR count). The minimum Gasteiger partial charge on any atom is -0.300 e. The van der Waals surface area contributed by atoms with Crippen LogP contribution in [0.3, 0.4) is 0 Å². The van der Waals surface area contributed by atoms with E-state index in [0.29, 0.717) is 11.6 Å². The van der Waals surface area contributed by atoms with Gasteiger partial charge in [-0.25, -0.2) is 0 Å². The van der Waals surface area contributed by atoms with Gasteiger partial charge in [0.25, 0.3) is 0 Å². The second-order valence-corrected chi connectivity index (χ2v) is 4.26. The Kier molecular flexibility index (Phi) is 3.91. The van der Waals surface area contributed by atoms with Crippen molar-refractivity contribution in [2.45, 2.75) is 33.6 Å². The Morgan fingerprint density at radius 3 is 2.53 bits per heavy atom. The second kappa shape index (κ2) is 4.79. The van der Waals surface area contributed by atoms with Gasteiger partial charge in [-0.2, -0.15) is 5.10 Å². The zero-order valence-electron chi connectivity index (χ0n) is 9.67.